The van der Waals surface area contributed by atoms with Crippen LogP contribution in [-0.2, 0) is 24.0 Å². The summed E-state index contributed by atoms with van der Waals surface area (Å²) < 4.78 is 0. The van der Waals surface area contributed by atoms with E-state index in [1.54, 1.807) is 13.1 Å². The third-order valence-corrected chi connectivity index (χ3v) is 7.81. The van der Waals surface area contributed by atoms with Gasteiger partial charge in [-0.05, 0) is 39.2 Å². The molecular formula is C34H62N6O7. The molecule has 0 rings (SSSR count). The monoisotopic (exact) mass is 666 g/mol. The van der Waals surface area contributed by atoms with Crippen molar-refractivity contribution in [3.63, 3.8) is 0 Å². The van der Waals surface area contributed by atoms with Crippen molar-refractivity contribution in [1.29, 1.82) is 0 Å². The van der Waals surface area contributed by atoms with E-state index in [0.717, 1.165) is 38.5 Å². The van der Waals surface area contributed by atoms with Crippen LogP contribution in [0.3, 0.4) is 0 Å². The molecular weight excluding hydrogens is 604 g/mol. The van der Waals surface area contributed by atoms with Crippen molar-refractivity contribution in [2.24, 2.45) is 11.5 Å². The Labute approximate surface area is 281 Å². The molecule has 10 N–H and O–H groups in total. The molecule has 0 heterocycles. The highest BCUT2D eigenvalue weighted by Crippen LogP contribution is 2.14. The lowest BCUT2D eigenvalue weighted by Gasteiger charge is -2.13. The van der Waals surface area contributed by atoms with Gasteiger partial charge in [0.05, 0.1) is 25.0 Å². The topological polar surface area (TPSA) is 226 Å². The molecule has 0 aliphatic heterocycles. The highest BCUT2D eigenvalue weighted by Gasteiger charge is 2.14. The number of carbonyl (C=O) groups is 5. The SMILES string of the molecule is CNC(N)CCC(=O)CN/C(=C/CCCNC(=O)CCCCCCCCCCCCCCCCC(=O)O)C(=O)CN/C(=C/O)C(N)=O. The number of aliphatic hydroxyl groups is 1. The average molecular weight is 667 g/mol. The molecule has 270 valence electrons. The lowest BCUT2D eigenvalue weighted by Crippen LogP contribution is -2.36. The summed E-state index contributed by atoms with van der Waals surface area (Å²) in [6.45, 7) is 0.0759. The number of carboxylic acids is 1. The largest absolute Gasteiger partial charge is 0.513 e. The quantitative estimate of drug-likeness (QED) is 0.0219. The number of aliphatic hydroxyl groups excluding tert-OH is 1. The molecule has 13 nitrogen and oxygen atoms in total. The summed E-state index contributed by atoms with van der Waals surface area (Å²) in [5, 5.41) is 28.9. The molecule has 13 heteroatoms. The van der Waals surface area contributed by atoms with Gasteiger partial charge >= 0.3 is 5.97 Å². The molecule has 47 heavy (non-hydrogen) atoms. The molecule has 0 aliphatic carbocycles. The Bertz CT molecular complexity index is 971. The van der Waals surface area contributed by atoms with E-state index >= 15 is 0 Å². The van der Waals surface area contributed by atoms with Gasteiger partial charge in [0.1, 0.15) is 12.0 Å². The number of ketones is 2. The normalized spacial score (nSPS) is 12.4. The molecule has 0 bridgehead atoms. The van der Waals surface area contributed by atoms with Gasteiger partial charge in [0.2, 0.25) is 5.91 Å². The van der Waals surface area contributed by atoms with Crippen LogP contribution < -0.4 is 32.7 Å². The minimum atomic E-state index is -0.913. The van der Waals surface area contributed by atoms with Crippen molar-refractivity contribution in [1.82, 2.24) is 21.3 Å². The molecule has 0 fully saturated rings. The van der Waals surface area contributed by atoms with Crippen LogP contribution in [0.4, 0.5) is 0 Å². The number of allylic oxidation sites excluding steroid dienone is 1. The minimum Gasteiger partial charge on any atom is -0.513 e. The Morgan fingerprint density at radius 2 is 1.19 bits per heavy atom. The van der Waals surface area contributed by atoms with Crippen LogP contribution in [0, 0.1) is 0 Å². The number of primary amides is 1. The summed E-state index contributed by atoms with van der Waals surface area (Å²) in [5.41, 5.74) is 10.8. The Morgan fingerprint density at radius 3 is 1.68 bits per heavy atom. The molecule has 0 spiro atoms. The van der Waals surface area contributed by atoms with Gasteiger partial charge in [-0.25, -0.2) is 0 Å². The first kappa shape index (κ1) is 43.5. The van der Waals surface area contributed by atoms with Crippen LogP contribution >= 0.6 is 0 Å². The standard InChI is InChI=1S/C34H62N6O7/c1-37-31(35)22-21-27(42)24-39-28(30(43)25-40-29(26-41)34(36)47)18-16-17-23-38-32(44)19-14-12-10-8-6-4-2-3-5-7-9-11-13-15-20-33(45)46/h18,26,31,37,39-41H,2-17,19-25,35H2,1H3,(H2,36,47)(H,38,44)(H,45,46)/b28-18+,29-26+. The van der Waals surface area contributed by atoms with E-state index in [4.69, 9.17) is 21.7 Å². The van der Waals surface area contributed by atoms with E-state index in [-0.39, 0.29) is 55.2 Å². The Morgan fingerprint density at radius 1 is 0.681 bits per heavy atom. The highest BCUT2D eigenvalue weighted by molar-refractivity contribution is 5.98. The summed E-state index contributed by atoms with van der Waals surface area (Å²) in [6, 6.07) is 0. The van der Waals surface area contributed by atoms with E-state index in [0.29, 0.717) is 38.5 Å². The van der Waals surface area contributed by atoms with Crippen LogP contribution in [0.25, 0.3) is 0 Å². The van der Waals surface area contributed by atoms with E-state index in [1.807, 2.05) is 0 Å². The zero-order chi connectivity index (χ0) is 35.1. The Kier molecular flexibility index (Phi) is 27.7. The summed E-state index contributed by atoms with van der Waals surface area (Å²) >= 11 is 0. The average Bonchev–Trinajstić information content (AvgIpc) is 3.04. The third kappa shape index (κ3) is 27.4. The molecule has 0 saturated heterocycles. The summed E-state index contributed by atoms with van der Waals surface area (Å²) in [6.07, 6.45) is 20.2. The van der Waals surface area contributed by atoms with Crippen LogP contribution in [0.15, 0.2) is 23.7 Å². The summed E-state index contributed by atoms with van der Waals surface area (Å²) in [5.74, 6) is -2.15. The van der Waals surface area contributed by atoms with Crippen LogP contribution in [-0.4, -0.2) is 72.4 Å². The number of carboxylic acid groups (broad SMARTS) is 1. The van der Waals surface area contributed by atoms with Crippen molar-refractivity contribution < 1.29 is 34.2 Å². The fourth-order valence-electron chi connectivity index (χ4n) is 4.84. The van der Waals surface area contributed by atoms with Gasteiger partial charge in [0.15, 0.2) is 11.6 Å². The molecule has 0 aromatic rings. The van der Waals surface area contributed by atoms with Crippen molar-refractivity contribution in [2.45, 2.75) is 135 Å². The number of carbonyl (C=O) groups excluding carboxylic acids is 4. The second-order valence-electron chi connectivity index (χ2n) is 12.0. The predicted molar refractivity (Wildman–Crippen MR) is 184 cm³/mol. The summed E-state index contributed by atoms with van der Waals surface area (Å²) in [4.78, 5) is 59.0. The van der Waals surface area contributed by atoms with E-state index < -0.39 is 17.7 Å². The number of aliphatic carboxylic acids is 1. The number of rotatable bonds is 33. The number of nitrogens with one attached hydrogen (secondary N) is 4. The fraction of sp³-hybridized carbons (Fsp3) is 0.735. The molecule has 0 aliphatic rings. The second-order valence-corrected chi connectivity index (χ2v) is 12.0. The predicted octanol–water partition coefficient (Wildman–Crippen LogP) is 3.58. The molecule has 2 amide bonds. The smallest absolute Gasteiger partial charge is 0.303 e. The first-order valence-corrected chi connectivity index (χ1v) is 17.4. The highest BCUT2D eigenvalue weighted by atomic mass is 16.4. The molecule has 1 atom stereocenters. The first-order chi connectivity index (χ1) is 22.6. The van der Waals surface area contributed by atoms with Crippen LogP contribution in [0.5, 0.6) is 0 Å². The minimum absolute atomic E-state index is 0.00892. The Hall–Kier alpha value is -3.45. The second kappa shape index (κ2) is 29.9. The number of amides is 2. The zero-order valence-electron chi connectivity index (χ0n) is 28.6. The van der Waals surface area contributed by atoms with Gasteiger partial charge in [-0.2, -0.15) is 0 Å². The number of hydrogen-bond acceptors (Lipinski definition) is 10. The zero-order valence-corrected chi connectivity index (χ0v) is 28.6. The van der Waals surface area contributed by atoms with Gasteiger partial charge in [-0.1, -0.05) is 83.1 Å². The molecule has 1 unspecified atom stereocenters. The van der Waals surface area contributed by atoms with Gasteiger partial charge in [0.25, 0.3) is 5.91 Å². The molecule has 0 aromatic carbocycles. The van der Waals surface area contributed by atoms with Crippen molar-refractivity contribution in [2.75, 3.05) is 26.7 Å². The van der Waals surface area contributed by atoms with Crippen molar-refractivity contribution in [3.05, 3.63) is 23.7 Å². The van der Waals surface area contributed by atoms with E-state index in [1.165, 1.54) is 51.4 Å². The fourth-order valence-corrected chi connectivity index (χ4v) is 4.84. The molecule has 0 saturated carbocycles. The van der Waals surface area contributed by atoms with Crippen molar-refractivity contribution >= 4 is 29.4 Å². The first-order valence-electron chi connectivity index (χ1n) is 17.4. The lowest BCUT2D eigenvalue weighted by molar-refractivity contribution is -0.137. The number of Topliss-reactive ketones (excluding diaryl/α,β-unsaturated/α-hetero) is 2. The van der Waals surface area contributed by atoms with Gasteiger partial charge < -0.3 is 42.9 Å². The third-order valence-electron chi connectivity index (χ3n) is 7.81. The lowest BCUT2D eigenvalue weighted by atomic mass is 10.0. The summed E-state index contributed by atoms with van der Waals surface area (Å²) in [7, 11) is 1.70. The maximum absolute atomic E-state index is 12.7. The van der Waals surface area contributed by atoms with Gasteiger partial charge in [-0.3, -0.25) is 24.0 Å². The van der Waals surface area contributed by atoms with E-state index in [2.05, 4.69) is 21.3 Å². The van der Waals surface area contributed by atoms with Crippen LogP contribution in [0.1, 0.15) is 128 Å². The molecule has 0 radical (unpaired) electrons. The van der Waals surface area contributed by atoms with Gasteiger partial charge in [-0.15, -0.1) is 0 Å². The maximum Gasteiger partial charge on any atom is 0.303 e. The van der Waals surface area contributed by atoms with Crippen molar-refractivity contribution in [3.8, 4) is 0 Å². The number of nitrogens with two attached hydrogens (primary N) is 2. The Balaban J connectivity index is 4.14. The number of hydrogen-bond donors (Lipinski definition) is 8. The maximum atomic E-state index is 12.7. The van der Waals surface area contributed by atoms with Gasteiger partial charge in [0, 0.05) is 25.8 Å². The molecule has 0 aromatic heterocycles. The van der Waals surface area contributed by atoms with Crippen LogP contribution in [0.2, 0.25) is 0 Å². The number of unbranched alkanes of at least 4 members (excludes halogenated alkanes) is 14. The van der Waals surface area contributed by atoms with E-state index in [9.17, 15) is 24.0 Å².